The molecule has 3 aliphatic rings. The molecule has 4 rings (SSSR count). The minimum Gasteiger partial charge on any atom is -0.366 e. The van der Waals surface area contributed by atoms with Crippen molar-refractivity contribution in [3.05, 3.63) is 47.3 Å². The Morgan fingerprint density at radius 1 is 1.27 bits per heavy atom. The monoisotopic (exact) mass is 356 g/mol. The van der Waals surface area contributed by atoms with Gasteiger partial charge in [0.05, 0.1) is 17.9 Å². The summed E-state index contributed by atoms with van der Waals surface area (Å²) in [6.07, 6.45) is 7.45. The largest absolute Gasteiger partial charge is 0.366 e. The molecule has 1 aromatic carbocycles. The average molecular weight is 356 g/mol. The first-order valence-corrected chi connectivity index (χ1v) is 9.33. The van der Waals surface area contributed by atoms with Crippen LogP contribution < -0.4 is 20.4 Å². The van der Waals surface area contributed by atoms with Gasteiger partial charge in [-0.2, -0.15) is 0 Å². The van der Waals surface area contributed by atoms with E-state index in [0.717, 1.165) is 49.4 Å². The first-order chi connectivity index (χ1) is 12.6. The lowest BCUT2D eigenvalue weighted by atomic mass is 9.97. The highest BCUT2D eigenvalue weighted by Crippen LogP contribution is 2.36. The molecule has 1 fully saturated rings. The maximum Gasteiger partial charge on any atom is 0.322 e. The number of rotatable bonds is 3. The molecule has 0 aromatic heterocycles. The fourth-order valence-electron chi connectivity index (χ4n) is 3.85. The molecule has 2 aliphatic heterocycles. The molecule has 0 saturated carbocycles. The third-order valence-corrected chi connectivity index (χ3v) is 5.33. The Morgan fingerprint density at radius 2 is 2.08 bits per heavy atom. The van der Waals surface area contributed by atoms with Crippen LogP contribution >= 0.6 is 0 Å². The number of fused-ring (bicyclic) bond motifs is 1. The topological polar surface area (TPSA) is 47.6 Å². The summed E-state index contributed by atoms with van der Waals surface area (Å²) < 4.78 is 14.7. The summed E-state index contributed by atoms with van der Waals surface area (Å²) in [5.41, 5.74) is 3.45. The van der Waals surface area contributed by atoms with E-state index in [1.165, 1.54) is 6.07 Å². The van der Waals surface area contributed by atoms with Crippen LogP contribution in [-0.2, 0) is 6.54 Å². The molecule has 0 spiro atoms. The van der Waals surface area contributed by atoms with Crippen LogP contribution in [-0.4, -0.2) is 38.8 Å². The number of piperazine rings is 1. The van der Waals surface area contributed by atoms with Gasteiger partial charge in [-0.3, -0.25) is 4.90 Å². The second-order valence-corrected chi connectivity index (χ2v) is 7.23. The molecule has 1 unspecified atom stereocenters. The maximum absolute atomic E-state index is 14.7. The number of carbonyl (C=O) groups excluding carboxylic acids is 1. The molecule has 2 N–H and O–H groups in total. The number of amides is 2. The molecule has 2 heterocycles. The van der Waals surface area contributed by atoms with Crippen molar-refractivity contribution in [2.24, 2.45) is 5.92 Å². The van der Waals surface area contributed by atoms with Gasteiger partial charge >= 0.3 is 6.03 Å². The van der Waals surface area contributed by atoms with Gasteiger partial charge in [-0.15, -0.1) is 0 Å². The Morgan fingerprint density at radius 3 is 2.81 bits per heavy atom. The van der Waals surface area contributed by atoms with Gasteiger partial charge in [0.1, 0.15) is 5.82 Å². The van der Waals surface area contributed by atoms with Crippen molar-refractivity contribution in [3.8, 4) is 0 Å². The third-order valence-electron chi connectivity index (χ3n) is 5.33. The summed E-state index contributed by atoms with van der Waals surface area (Å²) in [6.45, 7) is 6.28. The number of carbonyl (C=O) groups is 1. The number of hydrogen-bond acceptors (Lipinski definition) is 3. The predicted molar refractivity (Wildman–Crippen MR) is 102 cm³/mol. The highest BCUT2D eigenvalue weighted by Gasteiger charge is 2.30. The van der Waals surface area contributed by atoms with Gasteiger partial charge in [0.25, 0.3) is 0 Å². The van der Waals surface area contributed by atoms with E-state index in [2.05, 4.69) is 40.7 Å². The summed E-state index contributed by atoms with van der Waals surface area (Å²) in [4.78, 5) is 16.3. The molecule has 26 heavy (non-hydrogen) atoms. The van der Waals surface area contributed by atoms with E-state index in [1.54, 1.807) is 11.0 Å². The summed E-state index contributed by atoms with van der Waals surface area (Å²) in [6, 6.07) is 3.11. The quantitative estimate of drug-likeness (QED) is 0.876. The summed E-state index contributed by atoms with van der Waals surface area (Å²) in [7, 11) is 0. The van der Waals surface area contributed by atoms with Gasteiger partial charge in [0.2, 0.25) is 0 Å². The second-order valence-electron chi connectivity index (χ2n) is 7.23. The van der Waals surface area contributed by atoms with Crippen molar-refractivity contribution in [2.45, 2.75) is 19.9 Å². The highest BCUT2D eigenvalue weighted by molar-refractivity contribution is 5.96. The van der Waals surface area contributed by atoms with E-state index >= 15 is 0 Å². The highest BCUT2D eigenvalue weighted by atomic mass is 19.1. The van der Waals surface area contributed by atoms with E-state index in [-0.39, 0.29) is 11.8 Å². The zero-order chi connectivity index (χ0) is 18.1. The normalized spacial score (nSPS) is 22.8. The van der Waals surface area contributed by atoms with Crippen LogP contribution in [0.25, 0.3) is 0 Å². The SMILES string of the molecule is CC1C=CC(CN2C(=O)NCc3c2ccc(F)c3N2CCNCC2)=CC1. The minimum atomic E-state index is -0.215. The average Bonchev–Trinajstić information content (AvgIpc) is 2.66. The summed E-state index contributed by atoms with van der Waals surface area (Å²) in [5, 5.41) is 6.22. The number of nitrogens with one attached hydrogen (secondary N) is 2. The number of urea groups is 1. The molecule has 5 nitrogen and oxygen atoms in total. The van der Waals surface area contributed by atoms with Crippen molar-refractivity contribution in [1.82, 2.24) is 10.6 Å². The molecule has 1 atom stereocenters. The van der Waals surface area contributed by atoms with Crippen LogP contribution in [0.5, 0.6) is 0 Å². The van der Waals surface area contributed by atoms with Crippen molar-refractivity contribution in [1.29, 1.82) is 0 Å². The van der Waals surface area contributed by atoms with Crippen LogP contribution in [0.1, 0.15) is 18.9 Å². The van der Waals surface area contributed by atoms with Crippen LogP contribution in [0.3, 0.4) is 0 Å². The van der Waals surface area contributed by atoms with E-state index in [9.17, 15) is 9.18 Å². The maximum atomic E-state index is 14.7. The Labute approximate surface area is 153 Å². The first kappa shape index (κ1) is 17.1. The number of benzene rings is 1. The first-order valence-electron chi connectivity index (χ1n) is 9.33. The molecule has 0 radical (unpaired) electrons. The van der Waals surface area contributed by atoms with Gasteiger partial charge in [-0.05, 0) is 30.0 Å². The summed E-state index contributed by atoms with van der Waals surface area (Å²) in [5.74, 6) is 0.321. The van der Waals surface area contributed by atoms with Gasteiger partial charge in [-0.25, -0.2) is 9.18 Å². The number of hydrogen-bond donors (Lipinski definition) is 2. The third kappa shape index (κ3) is 3.21. The van der Waals surface area contributed by atoms with Gasteiger partial charge in [-0.1, -0.05) is 25.2 Å². The Kier molecular flexibility index (Phi) is 4.68. The molecule has 1 aliphatic carbocycles. The molecule has 2 amide bonds. The van der Waals surface area contributed by atoms with E-state index < -0.39 is 0 Å². The molecule has 1 aromatic rings. The zero-order valence-electron chi connectivity index (χ0n) is 15.1. The van der Waals surface area contributed by atoms with Crippen LogP contribution in [0, 0.1) is 11.7 Å². The summed E-state index contributed by atoms with van der Waals surface area (Å²) >= 11 is 0. The number of allylic oxidation sites excluding steroid dienone is 2. The second kappa shape index (κ2) is 7.11. The van der Waals surface area contributed by atoms with Gasteiger partial charge in [0.15, 0.2) is 0 Å². The fraction of sp³-hybridized carbons (Fsp3) is 0.450. The van der Waals surface area contributed by atoms with Crippen molar-refractivity contribution < 1.29 is 9.18 Å². The molecular formula is C20H25FN4O. The van der Waals surface area contributed by atoms with Crippen molar-refractivity contribution >= 4 is 17.4 Å². The Balaban J connectivity index is 1.67. The lowest BCUT2D eigenvalue weighted by molar-refractivity contribution is 0.245. The fourth-order valence-corrected chi connectivity index (χ4v) is 3.85. The van der Waals surface area contributed by atoms with Crippen LogP contribution in [0.4, 0.5) is 20.6 Å². The number of halogens is 1. The van der Waals surface area contributed by atoms with E-state index in [4.69, 9.17) is 0 Å². The van der Waals surface area contributed by atoms with E-state index in [0.29, 0.717) is 24.7 Å². The molecule has 6 heteroatoms. The van der Waals surface area contributed by atoms with Crippen LogP contribution in [0.2, 0.25) is 0 Å². The zero-order valence-corrected chi connectivity index (χ0v) is 15.1. The van der Waals surface area contributed by atoms with E-state index in [1.807, 2.05) is 0 Å². The van der Waals surface area contributed by atoms with Crippen molar-refractivity contribution in [3.63, 3.8) is 0 Å². The molecule has 0 bridgehead atoms. The predicted octanol–water partition coefficient (Wildman–Crippen LogP) is 2.79. The molecular weight excluding hydrogens is 331 g/mol. The number of anilines is 2. The molecule has 1 saturated heterocycles. The Bertz CT molecular complexity index is 767. The lowest BCUT2D eigenvalue weighted by Crippen LogP contribution is -2.48. The van der Waals surface area contributed by atoms with Gasteiger partial charge < -0.3 is 15.5 Å². The minimum absolute atomic E-state index is 0.122. The molecule has 138 valence electrons. The van der Waals surface area contributed by atoms with Crippen molar-refractivity contribution in [2.75, 3.05) is 42.5 Å². The number of nitrogens with zero attached hydrogens (tertiary/aromatic N) is 2. The standard InChI is InChI=1S/C20H25FN4O/c1-14-2-4-15(5-3-14)13-25-18-7-6-17(21)19(16(18)12-23-20(25)26)24-10-8-22-9-11-24/h2,4-7,14,22H,3,8-13H2,1H3,(H,23,26). The van der Waals surface area contributed by atoms with Gasteiger partial charge in [0, 0.05) is 38.3 Å². The van der Waals surface area contributed by atoms with Crippen LogP contribution in [0.15, 0.2) is 35.9 Å². The smallest absolute Gasteiger partial charge is 0.322 e. The lowest BCUT2D eigenvalue weighted by Gasteiger charge is -2.36. The Hall–Kier alpha value is -2.34.